The Morgan fingerprint density at radius 2 is 2.07 bits per heavy atom. The maximum absolute atomic E-state index is 3.59. The van der Waals surface area contributed by atoms with Crippen LogP contribution >= 0.6 is 15.9 Å². The van der Waals surface area contributed by atoms with Gasteiger partial charge in [0.15, 0.2) is 0 Å². The van der Waals surface area contributed by atoms with Gasteiger partial charge in [-0.2, -0.15) is 0 Å². The van der Waals surface area contributed by atoms with E-state index in [4.69, 9.17) is 0 Å². The van der Waals surface area contributed by atoms with Crippen molar-refractivity contribution in [2.24, 2.45) is 5.41 Å². The third kappa shape index (κ3) is 3.52. The summed E-state index contributed by atoms with van der Waals surface area (Å²) in [7, 11) is 4.37. The van der Waals surface area contributed by atoms with E-state index in [0.29, 0.717) is 5.41 Å². The zero-order valence-electron chi connectivity index (χ0n) is 9.89. The smallest absolute Gasteiger partial charge is 0.0229 e. The summed E-state index contributed by atoms with van der Waals surface area (Å²) in [6.45, 7) is 8.36. The molecule has 1 aliphatic heterocycles. The molecule has 0 radical (unpaired) electrons. The molecule has 0 aromatic rings. The van der Waals surface area contributed by atoms with Gasteiger partial charge in [-0.15, -0.1) is 0 Å². The number of likely N-dealkylation sites (N-methyl/N-ethyl adjacent to an activating group) is 1. The quantitative estimate of drug-likeness (QED) is 0.716. The summed E-state index contributed by atoms with van der Waals surface area (Å²) in [6.07, 6.45) is 1.32. The van der Waals surface area contributed by atoms with E-state index in [1.54, 1.807) is 0 Å². The van der Waals surface area contributed by atoms with Crippen LogP contribution in [0.4, 0.5) is 0 Å². The van der Waals surface area contributed by atoms with Gasteiger partial charge >= 0.3 is 0 Å². The van der Waals surface area contributed by atoms with Crippen LogP contribution in [0.25, 0.3) is 0 Å². The van der Waals surface area contributed by atoms with Crippen molar-refractivity contribution in [3.05, 3.63) is 0 Å². The van der Waals surface area contributed by atoms with E-state index in [0.717, 1.165) is 11.4 Å². The number of hydrogen-bond acceptors (Lipinski definition) is 2. The molecule has 0 spiro atoms. The van der Waals surface area contributed by atoms with Crippen molar-refractivity contribution in [3.63, 3.8) is 0 Å². The molecule has 0 bridgehead atoms. The first kappa shape index (κ1) is 12.5. The normalized spacial score (nSPS) is 24.9. The Kier molecular flexibility index (Phi) is 4.41. The summed E-state index contributed by atoms with van der Waals surface area (Å²) in [5.41, 5.74) is 0.404. The van der Waals surface area contributed by atoms with Crippen LogP contribution in [0.3, 0.4) is 0 Å². The molecule has 1 heterocycles. The molecular formula is C11H23BrN2. The molecule has 1 atom stereocenters. The summed E-state index contributed by atoms with van der Waals surface area (Å²) in [4.78, 5) is 4.94. The van der Waals surface area contributed by atoms with E-state index in [9.17, 15) is 0 Å². The first-order valence-electron chi connectivity index (χ1n) is 5.39. The third-order valence-electron chi connectivity index (χ3n) is 2.99. The maximum Gasteiger partial charge on any atom is 0.0229 e. The van der Waals surface area contributed by atoms with Gasteiger partial charge in [0.2, 0.25) is 0 Å². The Hall–Kier alpha value is 0.400. The standard InChI is InChI=1S/C11H23BrN2/c1-11(2,8-12)9-14-6-5-10(7-14)13(3)4/h10H,5-9H2,1-4H3. The first-order chi connectivity index (χ1) is 6.44. The summed E-state index contributed by atoms with van der Waals surface area (Å²) in [5.74, 6) is 0. The minimum Gasteiger partial charge on any atom is -0.305 e. The summed E-state index contributed by atoms with van der Waals surface area (Å²) in [5, 5.41) is 1.09. The minimum atomic E-state index is 0.404. The molecule has 0 amide bonds. The number of alkyl halides is 1. The molecular weight excluding hydrogens is 240 g/mol. The van der Waals surface area contributed by atoms with E-state index in [-0.39, 0.29) is 0 Å². The van der Waals surface area contributed by atoms with Crippen LogP contribution in [0.2, 0.25) is 0 Å². The first-order valence-corrected chi connectivity index (χ1v) is 6.51. The van der Waals surface area contributed by atoms with Crippen molar-refractivity contribution in [2.75, 3.05) is 39.1 Å². The van der Waals surface area contributed by atoms with Crippen molar-refractivity contribution in [3.8, 4) is 0 Å². The lowest BCUT2D eigenvalue weighted by molar-refractivity contribution is 0.211. The van der Waals surface area contributed by atoms with E-state index >= 15 is 0 Å². The third-order valence-corrected chi connectivity index (χ3v) is 4.51. The highest BCUT2D eigenvalue weighted by atomic mass is 79.9. The van der Waals surface area contributed by atoms with Crippen LogP contribution in [0, 0.1) is 5.41 Å². The van der Waals surface area contributed by atoms with Gasteiger partial charge in [0, 0.05) is 24.5 Å². The fourth-order valence-corrected chi connectivity index (χ4v) is 2.20. The number of rotatable bonds is 4. The van der Waals surface area contributed by atoms with Gasteiger partial charge in [-0.05, 0) is 32.5 Å². The van der Waals surface area contributed by atoms with Gasteiger partial charge < -0.3 is 9.80 Å². The monoisotopic (exact) mass is 262 g/mol. The Labute approximate surface area is 96.8 Å². The Morgan fingerprint density at radius 3 is 2.50 bits per heavy atom. The SMILES string of the molecule is CN(C)C1CCN(CC(C)(C)CBr)C1. The summed E-state index contributed by atoms with van der Waals surface area (Å²) < 4.78 is 0. The molecule has 1 rings (SSSR count). The van der Waals surface area contributed by atoms with E-state index in [1.165, 1.54) is 26.1 Å². The van der Waals surface area contributed by atoms with Gasteiger partial charge in [0.1, 0.15) is 0 Å². The highest BCUT2D eigenvalue weighted by Gasteiger charge is 2.28. The van der Waals surface area contributed by atoms with Gasteiger partial charge in [-0.25, -0.2) is 0 Å². The van der Waals surface area contributed by atoms with Crippen molar-refractivity contribution in [1.82, 2.24) is 9.80 Å². The largest absolute Gasteiger partial charge is 0.305 e. The average molecular weight is 263 g/mol. The molecule has 1 unspecified atom stereocenters. The molecule has 1 saturated heterocycles. The lowest BCUT2D eigenvalue weighted by Gasteiger charge is -2.29. The van der Waals surface area contributed by atoms with Crippen molar-refractivity contribution < 1.29 is 0 Å². The van der Waals surface area contributed by atoms with Crippen molar-refractivity contribution in [2.45, 2.75) is 26.3 Å². The molecule has 0 aromatic heterocycles. The molecule has 84 valence electrons. The van der Waals surface area contributed by atoms with Crippen molar-refractivity contribution in [1.29, 1.82) is 0 Å². The zero-order valence-corrected chi connectivity index (χ0v) is 11.5. The molecule has 2 nitrogen and oxygen atoms in total. The number of halogens is 1. The van der Waals surface area contributed by atoms with Gasteiger partial charge in [0.05, 0.1) is 0 Å². The zero-order chi connectivity index (χ0) is 10.8. The van der Waals surface area contributed by atoms with Crippen LogP contribution in [-0.2, 0) is 0 Å². The van der Waals surface area contributed by atoms with E-state index in [1.807, 2.05) is 0 Å². The summed E-state index contributed by atoms with van der Waals surface area (Å²) in [6, 6.07) is 0.765. The number of likely N-dealkylation sites (tertiary alicyclic amines) is 1. The van der Waals surface area contributed by atoms with Crippen LogP contribution in [0.1, 0.15) is 20.3 Å². The Morgan fingerprint density at radius 1 is 1.43 bits per heavy atom. The molecule has 0 aliphatic carbocycles. The Balaban J connectivity index is 2.36. The predicted molar refractivity (Wildman–Crippen MR) is 66.1 cm³/mol. The molecule has 3 heteroatoms. The second-order valence-electron chi connectivity index (χ2n) is 5.44. The van der Waals surface area contributed by atoms with Crippen molar-refractivity contribution >= 4 is 15.9 Å². The fraction of sp³-hybridized carbons (Fsp3) is 1.00. The molecule has 0 saturated carbocycles. The number of hydrogen-bond donors (Lipinski definition) is 0. The van der Waals surface area contributed by atoms with Gasteiger partial charge in [-0.1, -0.05) is 29.8 Å². The van der Waals surface area contributed by atoms with Crippen LogP contribution < -0.4 is 0 Å². The topological polar surface area (TPSA) is 6.48 Å². The molecule has 0 N–H and O–H groups in total. The van der Waals surface area contributed by atoms with E-state index < -0.39 is 0 Å². The minimum absolute atomic E-state index is 0.404. The second kappa shape index (κ2) is 4.95. The molecule has 1 fully saturated rings. The predicted octanol–water partition coefficient (Wildman–Crippen LogP) is 2.04. The van der Waals surface area contributed by atoms with Crippen LogP contribution in [-0.4, -0.2) is 54.9 Å². The van der Waals surface area contributed by atoms with Crippen LogP contribution in [0.5, 0.6) is 0 Å². The van der Waals surface area contributed by atoms with Crippen LogP contribution in [0.15, 0.2) is 0 Å². The number of nitrogens with zero attached hydrogens (tertiary/aromatic N) is 2. The highest BCUT2D eigenvalue weighted by Crippen LogP contribution is 2.23. The second-order valence-corrected chi connectivity index (χ2v) is 6.00. The van der Waals surface area contributed by atoms with Gasteiger partial charge in [0.25, 0.3) is 0 Å². The lowest BCUT2D eigenvalue weighted by Crippen LogP contribution is -2.36. The molecule has 1 aliphatic rings. The van der Waals surface area contributed by atoms with Gasteiger partial charge in [-0.3, -0.25) is 0 Å². The molecule has 0 aromatic carbocycles. The average Bonchev–Trinajstić information content (AvgIpc) is 2.52. The fourth-order valence-electron chi connectivity index (χ4n) is 2.02. The maximum atomic E-state index is 3.59. The molecule has 14 heavy (non-hydrogen) atoms. The Bertz CT molecular complexity index is 180. The summed E-state index contributed by atoms with van der Waals surface area (Å²) >= 11 is 3.59. The lowest BCUT2D eigenvalue weighted by atomic mass is 9.96. The van der Waals surface area contributed by atoms with E-state index in [2.05, 4.69) is 53.7 Å². The highest BCUT2D eigenvalue weighted by molar-refractivity contribution is 9.09.